The Morgan fingerprint density at radius 2 is 1.59 bits per heavy atom. The molecule has 9 rings (SSSR count). The summed E-state index contributed by atoms with van der Waals surface area (Å²) in [6.07, 6.45) is 6.04. The van der Waals surface area contributed by atoms with E-state index in [2.05, 4.69) is 10.3 Å². The molecule has 4 aliphatic carbocycles. The van der Waals surface area contributed by atoms with E-state index >= 15 is 4.39 Å². The number of thiazole rings is 1. The van der Waals surface area contributed by atoms with Gasteiger partial charge in [0.15, 0.2) is 20.5 Å². The van der Waals surface area contributed by atoms with E-state index in [1.54, 1.807) is 12.3 Å². The lowest BCUT2D eigenvalue weighted by atomic mass is 9.45. The predicted molar refractivity (Wildman–Crippen MR) is 167 cm³/mol. The summed E-state index contributed by atoms with van der Waals surface area (Å²) >= 11 is 1.42. The second-order valence-electron chi connectivity index (χ2n) is 13.0. The molecule has 240 valence electrons. The molecular weight excluding hydrogens is 660 g/mol. The first-order valence-electron chi connectivity index (χ1n) is 15.0. The van der Waals surface area contributed by atoms with Crippen molar-refractivity contribution in [2.24, 2.45) is 17.8 Å². The average Bonchev–Trinajstić information content (AvgIpc) is 3.59. The Bertz CT molecular complexity index is 2070. The van der Waals surface area contributed by atoms with Gasteiger partial charge in [-0.15, -0.1) is 11.3 Å². The van der Waals surface area contributed by atoms with Gasteiger partial charge in [-0.25, -0.2) is 45.0 Å². The van der Waals surface area contributed by atoms with Crippen LogP contribution in [-0.2, 0) is 25.3 Å². The summed E-state index contributed by atoms with van der Waals surface area (Å²) in [6, 6.07) is 8.50. The van der Waals surface area contributed by atoms with E-state index in [0.29, 0.717) is 35.3 Å². The minimum Gasteiger partial charge on any atom is -0.351 e. The third kappa shape index (κ3) is 4.98. The molecule has 0 spiro atoms. The highest BCUT2D eigenvalue weighted by molar-refractivity contribution is 7.92. The van der Waals surface area contributed by atoms with E-state index in [9.17, 15) is 25.6 Å². The number of sulfone groups is 1. The number of nitrogens with zero attached hydrogens (tertiary/aromatic N) is 3. The van der Waals surface area contributed by atoms with Crippen LogP contribution < -0.4 is 10.0 Å². The van der Waals surface area contributed by atoms with Crippen LogP contribution in [0.5, 0.6) is 0 Å². The van der Waals surface area contributed by atoms with Crippen LogP contribution in [-0.4, -0.2) is 49.3 Å². The molecule has 3 atom stereocenters. The Labute approximate surface area is 267 Å². The van der Waals surface area contributed by atoms with Crippen molar-refractivity contribution in [3.8, 4) is 21.8 Å². The van der Waals surface area contributed by atoms with Crippen LogP contribution in [0.25, 0.3) is 21.8 Å². The van der Waals surface area contributed by atoms with Crippen molar-refractivity contribution in [1.29, 1.82) is 0 Å². The largest absolute Gasteiger partial charge is 0.351 e. The maximum absolute atomic E-state index is 16.2. The number of hydrogen-bond donors (Lipinski definition) is 2. The van der Waals surface area contributed by atoms with E-state index in [1.807, 2.05) is 4.72 Å². The molecule has 2 aromatic heterocycles. The molecule has 5 fully saturated rings. The van der Waals surface area contributed by atoms with Gasteiger partial charge >= 0.3 is 0 Å². The number of sulfonamides is 1. The summed E-state index contributed by atoms with van der Waals surface area (Å²) in [6.45, 7) is 0. The molecule has 2 N–H and O–H groups in total. The van der Waals surface area contributed by atoms with Gasteiger partial charge in [-0.3, -0.25) is 4.72 Å². The number of fused-ring (bicyclic) bond motifs is 1. The van der Waals surface area contributed by atoms with Crippen LogP contribution in [0.3, 0.4) is 0 Å². The van der Waals surface area contributed by atoms with E-state index < -0.39 is 47.9 Å². The van der Waals surface area contributed by atoms with Crippen LogP contribution in [0.4, 0.5) is 24.8 Å². The molecule has 1 aliphatic heterocycles. The first-order valence-corrected chi connectivity index (χ1v) is 19.1. The highest BCUT2D eigenvalue weighted by Crippen LogP contribution is 2.66. The summed E-state index contributed by atoms with van der Waals surface area (Å²) in [7, 11) is -7.80. The fraction of sp³-hybridized carbons (Fsp3) is 0.387. The van der Waals surface area contributed by atoms with Crippen molar-refractivity contribution >= 4 is 42.8 Å². The van der Waals surface area contributed by atoms with Crippen molar-refractivity contribution < 1.29 is 30.0 Å². The number of aromatic nitrogens is 3. The number of anilines is 2. The topological polar surface area (TPSA) is 131 Å². The average molecular weight is 688 g/mol. The highest BCUT2D eigenvalue weighted by Gasteiger charge is 2.59. The van der Waals surface area contributed by atoms with Crippen molar-refractivity contribution in [1.82, 2.24) is 15.0 Å². The summed E-state index contributed by atoms with van der Waals surface area (Å²) in [5.74, 6) is -1.84. The summed E-state index contributed by atoms with van der Waals surface area (Å²) in [5.41, 5.74) is 0.255. The summed E-state index contributed by atoms with van der Waals surface area (Å²) < 4.78 is 96.9. The molecule has 4 aromatic rings. The van der Waals surface area contributed by atoms with Gasteiger partial charge < -0.3 is 5.32 Å². The summed E-state index contributed by atoms with van der Waals surface area (Å²) in [4.78, 5) is 13.4. The number of nitrogens with one attached hydrogen (secondary N) is 2. The normalized spacial score (nSPS) is 27.5. The third-order valence-corrected chi connectivity index (χ3v) is 14.4. The van der Waals surface area contributed by atoms with Crippen molar-refractivity contribution in [2.75, 3.05) is 21.5 Å². The van der Waals surface area contributed by atoms with Gasteiger partial charge in [-0.05, 0) is 80.2 Å². The molecule has 2 bridgehead atoms. The van der Waals surface area contributed by atoms with Crippen LogP contribution in [0.2, 0.25) is 0 Å². The minimum atomic E-state index is -4.81. The molecule has 0 amide bonds. The molecule has 0 unspecified atom stereocenters. The Morgan fingerprint density at radius 3 is 2.24 bits per heavy atom. The molecule has 5 aliphatic rings. The van der Waals surface area contributed by atoms with Crippen LogP contribution in [0, 0.1) is 35.2 Å². The lowest BCUT2D eigenvalue weighted by Crippen LogP contribution is -2.55. The molecule has 15 heteroatoms. The van der Waals surface area contributed by atoms with E-state index in [-0.39, 0.29) is 46.1 Å². The zero-order chi connectivity index (χ0) is 32.0. The van der Waals surface area contributed by atoms with Gasteiger partial charge in [0, 0.05) is 23.2 Å². The SMILES string of the molecule is O=S1(=O)C[C@H]2C[C@H](Nc3nccc(-c4sc(C56CC(C5)C6)nc4-c4cccc(NS(=O)(=O)c5c(F)cccc5F)c4F)n3)C[C@H]2C1. The molecule has 4 saturated carbocycles. The van der Waals surface area contributed by atoms with Crippen molar-refractivity contribution in [3.05, 3.63) is 71.1 Å². The quantitative estimate of drug-likeness (QED) is 0.239. The Kier molecular flexibility index (Phi) is 6.79. The Hall–Kier alpha value is -3.56. The molecular formula is C31H28F3N5O4S3. The van der Waals surface area contributed by atoms with Crippen LogP contribution in [0.1, 0.15) is 37.1 Å². The molecule has 2 aromatic carbocycles. The number of hydrogen-bond acceptors (Lipinski definition) is 9. The van der Waals surface area contributed by atoms with Crippen molar-refractivity contribution in [2.45, 2.75) is 48.5 Å². The lowest BCUT2D eigenvalue weighted by Gasteiger charge is -2.60. The maximum atomic E-state index is 16.2. The molecule has 9 nitrogen and oxygen atoms in total. The standard InChI is InChI=1S/C31H28F3N5O4S3/c32-21-4-2-5-22(33)28(21)46(42,43)39-23-6-1-3-20(25(23)34)26-27(44-29(38-26)31-11-16(12-31)13-31)24-7-8-35-30(37-24)36-19-9-17-14-45(40,41)15-18(17)10-19/h1-8,16-19,39H,9-15H2,(H,35,36,37)/t16?,17-,18+,19+,31?. The van der Waals surface area contributed by atoms with Gasteiger partial charge in [-0.1, -0.05) is 12.1 Å². The third-order valence-electron chi connectivity index (χ3n) is 9.80. The smallest absolute Gasteiger partial charge is 0.267 e. The fourth-order valence-electron chi connectivity index (χ4n) is 7.57. The zero-order valence-electron chi connectivity index (χ0n) is 24.2. The van der Waals surface area contributed by atoms with Gasteiger partial charge in [0.1, 0.15) is 16.6 Å². The number of halogens is 3. The molecule has 46 heavy (non-hydrogen) atoms. The van der Waals surface area contributed by atoms with E-state index in [4.69, 9.17) is 9.97 Å². The first-order chi connectivity index (χ1) is 21.9. The van der Waals surface area contributed by atoms with Gasteiger partial charge in [0.25, 0.3) is 10.0 Å². The second kappa shape index (κ2) is 10.5. The van der Waals surface area contributed by atoms with E-state index in [0.717, 1.165) is 42.5 Å². The van der Waals surface area contributed by atoms with E-state index in [1.165, 1.54) is 29.5 Å². The number of benzene rings is 2. The number of rotatable bonds is 8. The first kappa shape index (κ1) is 29.8. The second-order valence-corrected chi connectivity index (χ2v) is 17.7. The van der Waals surface area contributed by atoms with Crippen molar-refractivity contribution in [3.63, 3.8) is 0 Å². The van der Waals surface area contributed by atoms with Gasteiger partial charge in [0.2, 0.25) is 5.95 Å². The highest BCUT2D eigenvalue weighted by atomic mass is 32.2. The lowest BCUT2D eigenvalue weighted by molar-refractivity contribution is -0.0274. The van der Waals surface area contributed by atoms with Crippen LogP contribution >= 0.6 is 11.3 Å². The predicted octanol–water partition coefficient (Wildman–Crippen LogP) is 5.77. The maximum Gasteiger partial charge on any atom is 0.267 e. The molecule has 1 saturated heterocycles. The molecule has 3 heterocycles. The van der Waals surface area contributed by atoms with Crippen LogP contribution in [0.15, 0.2) is 53.6 Å². The Balaban J connectivity index is 1.13. The van der Waals surface area contributed by atoms with Gasteiger partial charge in [0.05, 0.1) is 33.5 Å². The zero-order valence-corrected chi connectivity index (χ0v) is 26.7. The molecule has 0 radical (unpaired) electrons. The fourth-order valence-corrected chi connectivity index (χ4v) is 12.3. The minimum absolute atomic E-state index is 0.0104. The summed E-state index contributed by atoms with van der Waals surface area (Å²) in [5, 5.41) is 4.22. The monoisotopic (exact) mass is 687 g/mol. The Morgan fingerprint density at radius 1 is 0.913 bits per heavy atom. The van der Waals surface area contributed by atoms with Gasteiger partial charge in [-0.2, -0.15) is 0 Å².